The third-order valence-electron chi connectivity index (χ3n) is 4.07. The van der Waals surface area contributed by atoms with Crippen LogP contribution in [0.1, 0.15) is 79.2 Å². The van der Waals surface area contributed by atoms with Gasteiger partial charge in [0, 0.05) is 18.2 Å². The molecular weight excluding hydrogens is 298 g/mol. The molecule has 0 amide bonds. The van der Waals surface area contributed by atoms with Crippen molar-refractivity contribution in [3.63, 3.8) is 0 Å². The van der Waals surface area contributed by atoms with Crippen LogP contribution in [0, 0.1) is 5.41 Å². The van der Waals surface area contributed by atoms with Gasteiger partial charge in [-0.05, 0) is 31.1 Å². The Hall–Kier alpha value is -1.45. The fourth-order valence-corrected chi connectivity index (χ4v) is 3.09. The van der Waals surface area contributed by atoms with Gasteiger partial charge in [0.1, 0.15) is 17.4 Å². The van der Waals surface area contributed by atoms with Gasteiger partial charge in [-0.25, -0.2) is 4.98 Å². The van der Waals surface area contributed by atoms with E-state index in [-0.39, 0.29) is 0 Å². The fraction of sp³-hybridized carbons (Fsp3) is 0.750. The van der Waals surface area contributed by atoms with Crippen molar-refractivity contribution in [2.45, 2.75) is 80.1 Å². The van der Waals surface area contributed by atoms with Crippen molar-refractivity contribution in [1.82, 2.24) is 4.98 Å². The lowest BCUT2D eigenvalue weighted by atomic mass is 9.84. The van der Waals surface area contributed by atoms with Crippen molar-refractivity contribution < 1.29 is 4.74 Å². The first-order valence-electron chi connectivity index (χ1n) is 9.50. The molecule has 0 bridgehead atoms. The van der Waals surface area contributed by atoms with Crippen molar-refractivity contribution in [1.29, 1.82) is 0 Å². The molecule has 1 aliphatic rings. The highest BCUT2D eigenvalue weighted by Crippen LogP contribution is 2.30. The predicted molar refractivity (Wildman–Crippen MR) is 107 cm³/mol. The molecule has 0 spiro atoms. The summed E-state index contributed by atoms with van der Waals surface area (Å²) in [7, 11) is 1.66. The average molecular weight is 338 g/mol. The van der Waals surface area contributed by atoms with Gasteiger partial charge in [0.2, 0.25) is 0 Å². The molecule has 0 aliphatic carbocycles. The summed E-state index contributed by atoms with van der Waals surface area (Å²) >= 11 is 0. The van der Waals surface area contributed by atoms with Gasteiger partial charge in [-0.2, -0.15) is 0 Å². The number of nitrogens with zero attached hydrogens (tertiary/aromatic N) is 1. The summed E-state index contributed by atoms with van der Waals surface area (Å²) < 4.78 is 5.23. The van der Waals surface area contributed by atoms with E-state index in [0.717, 1.165) is 36.5 Å². The maximum atomic E-state index is 5.63. The van der Waals surface area contributed by atoms with Crippen LogP contribution in [0.3, 0.4) is 0 Å². The van der Waals surface area contributed by atoms with Crippen LogP contribution in [0.2, 0.25) is 0 Å². The Morgan fingerprint density at radius 3 is 2.29 bits per heavy atom. The fourth-order valence-electron chi connectivity index (χ4n) is 3.09. The van der Waals surface area contributed by atoms with E-state index < -0.39 is 0 Å². The van der Waals surface area contributed by atoms with Gasteiger partial charge in [0.25, 0.3) is 0 Å². The summed E-state index contributed by atoms with van der Waals surface area (Å²) in [5.41, 5.74) is 7.37. The van der Waals surface area contributed by atoms with Crippen LogP contribution in [0.25, 0.3) is 0 Å². The molecule has 0 unspecified atom stereocenters. The molecule has 1 aliphatic heterocycles. The summed E-state index contributed by atoms with van der Waals surface area (Å²) in [6, 6.07) is 1.77. The van der Waals surface area contributed by atoms with Gasteiger partial charge in [-0.1, -0.05) is 54.4 Å². The van der Waals surface area contributed by atoms with E-state index in [1.807, 2.05) is 13.8 Å². The van der Waals surface area contributed by atoms with Gasteiger partial charge >= 0.3 is 0 Å². The van der Waals surface area contributed by atoms with Crippen LogP contribution >= 0.6 is 0 Å². The second-order valence-corrected chi connectivity index (χ2v) is 6.77. The molecule has 0 radical (unpaired) electrons. The number of pyridine rings is 1. The lowest BCUT2D eigenvalue weighted by Crippen LogP contribution is -2.15. The van der Waals surface area contributed by atoms with Crippen LogP contribution < -0.4 is 15.8 Å². The second kappa shape index (κ2) is 12.0. The summed E-state index contributed by atoms with van der Waals surface area (Å²) in [5, 5.41) is 3.21. The Labute approximate surface area is 149 Å². The molecule has 1 aromatic rings. The van der Waals surface area contributed by atoms with Crippen molar-refractivity contribution in [2.24, 2.45) is 5.41 Å². The Morgan fingerprint density at radius 1 is 1.21 bits per heavy atom. The molecular formula is C20H39N3O. The molecule has 0 aromatic carbocycles. The van der Waals surface area contributed by atoms with E-state index in [9.17, 15) is 0 Å². The number of anilines is 2. The number of nitrogens with two attached hydrogens (primary N) is 1. The number of nitrogens with one attached hydrogen (secondary N) is 1. The van der Waals surface area contributed by atoms with Gasteiger partial charge in [-0.3, -0.25) is 0 Å². The van der Waals surface area contributed by atoms with E-state index in [1.165, 1.54) is 25.7 Å². The quantitative estimate of drug-likeness (QED) is 0.726. The third kappa shape index (κ3) is 7.89. The van der Waals surface area contributed by atoms with Crippen molar-refractivity contribution in [3.8, 4) is 5.75 Å². The highest BCUT2D eigenvalue weighted by atomic mass is 16.5. The molecule has 4 nitrogen and oxygen atoms in total. The number of fused-ring (bicyclic) bond motifs is 1. The van der Waals surface area contributed by atoms with E-state index in [0.29, 0.717) is 11.2 Å². The van der Waals surface area contributed by atoms with Crippen LogP contribution in [0.4, 0.5) is 11.6 Å². The molecule has 2 heterocycles. The predicted octanol–water partition coefficient (Wildman–Crippen LogP) is 5.67. The first kappa shape index (κ1) is 22.6. The molecule has 140 valence electrons. The van der Waals surface area contributed by atoms with Gasteiger partial charge in [0.05, 0.1) is 7.11 Å². The highest BCUT2D eigenvalue weighted by Gasteiger charge is 2.15. The Balaban J connectivity index is 0.000000426. The van der Waals surface area contributed by atoms with Gasteiger partial charge < -0.3 is 15.8 Å². The minimum Gasteiger partial charge on any atom is -0.496 e. The Kier molecular flexibility index (Phi) is 11.3. The van der Waals surface area contributed by atoms with Gasteiger partial charge in [0.15, 0.2) is 0 Å². The summed E-state index contributed by atoms with van der Waals surface area (Å²) in [5.74, 6) is 2.22. The number of methoxy groups -OCH3 is 1. The number of ether oxygens (including phenoxy) is 1. The normalized spacial score (nSPS) is 12.6. The van der Waals surface area contributed by atoms with E-state index >= 15 is 0 Å². The first-order chi connectivity index (χ1) is 11.4. The molecule has 0 saturated heterocycles. The van der Waals surface area contributed by atoms with Gasteiger partial charge in [-0.15, -0.1) is 0 Å². The SMILES string of the molecule is CC.CCCC(C)(C)CCC.COc1cc(N)nc2c1CCCN2. The van der Waals surface area contributed by atoms with Crippen LogP contribution in [-0.2, 0) is 6.42 Å². The number of rotatable bonds is 5. The monoisotopic (exact) mass is 337 g/mol. The first-order valence-corrected chi connectivity index (χ1v) is 9.50. The highest BCUT2D eigenvalue weighted by molar-refractivity contribution is 5.58. The molecule has 24 heavy (non-hydrogen) atoms. The Morgan fingerprint density at radius 2 is 1.79 bits per heavy atom. The summed E-state index contributed by atoms with van der Waals surface area (Å²) in [6.07, 6.45) is 7.54. The molecule has 1 aromatic heterocycles. The average Bonchev–Trinajstić information content (AvgIpc) is 2.56. The minimum absolute atomic E-state index is 0.505. The molecule has 3 N–H and O–H groups in total. The number of aromatic nitrogens is 1. The Bertz CT molecular complexity index is 433. The van der Waals surface area contributed by atoms with Crippen molar-refractivity contribution >= 4 is 11.6 Å². The lowest BCUT2D eigenvalue weighted by Gasteiger charge is -2.22. The lowest BCUT2D eigenvalue weighted by molar-refractivity contribution is 0.301. The summed E-state index contributed by atoms with van der Waals surface area (Å²) in [6.45, 7) is 14.2. The molecule has 0 saturated carbocycles. The number of hydrogen-bond donors (Lipinski definition) is 2. The maximum Gasteiger partial charge on any atom is 0.135 e. The van der Waals surface area contributed by atoms with Crippen LogP contribution in [0.5, 0.6) is 5.75 Å². The van der Waals surface area contributed by atoms with Crippen LogP contribution in [-0.4, -0.2) is 18.6 Å². The minimum atomic E-state index is 0.505. The largest absolute Gasteiger partial charge is 0.496 e. The zero-order valence-corrected chi connectivity index (χ0v) is 17.0. The number of hydrogen-bond acceptors (Lipinski definition) is 4. The molecule has 0 fully saturated rings. The molecule has 0 atom stereocenters. The second-order valence-electron chi connectivity index (χ2n) is 6.77. The zero-order chi connectivity index (χ0) is 18.6. The topological polar surface area (TPSA) is 60.2 Å². The van der Waals surface area contributed by atoms with E-state index in [2.05, 4.69) is 38.0 Å². The summed E-state index contributed by atoms with van der Waals surface area (Å²) in [4.78, 5) is 4.21. The molecule has 2 rings (SSSR count). The smallest absolute Gasteiger partial charge is 0.135 e. The van der Waals surface area contributed by atoms with E-state index in [4.69, 9.17) is 10.5 Å². The maximum absolute atomic E-state index is 5.63. The molecule has 4 heteroatoms. The van der Waals surface area contributed by atoms with Crippen molar-refractivity contribution in [3.05, 3.63) is 11.6 Å². The van der Waals surface area contributed by atoms with E-state index in [1.54, 1.807) is 13.2 Å². The third-order valence-corrected chi connectivity index (χ3v) is 4.07. The zero-order valence-electron chi connectivity index (χ0n) is 17.0. The standard InChI is InChI=1S/C9H13N3O.C9H20.C2H6/c1-13-7-5-8(10)12-9-6(7)3-2-4-11-9;1-5-7-9(3,4)8-6-2;1-2/h5H,2-4H2,1H3,(H3,10,11,12);5-8H2,1-4H3;1-2H3. The van der Waals surface area contributed by atoms with Crippen LogP contribution in [0.15, 0.2) is 6.07 Å². The number of nitrogen functional groups attached to an aromatic ring is 1. The van der Waals surface area contributed by atoms with Crippen molar-refractivity contribution in [2.75, 3.05) is 24.7 Å².